The Morgan fingerprint density at radius 3 is 2.70 bits per heavy atom. The third-order valence-corrected chi connectivity index (χ3v) is 3.47. The molecule has 1 amide bonds. The molecule has 0 aromatic heterocycles. The highest BCUT2D eigenvalue weighted by Gasteiger charge is 2.29. The van der Waals surface area contributed by atoms with Crippen LogP contribution in [0.1, 0.15) is 30.1 Å². The first kappa shape index (κ1) is 14.8. The molecule has 0 spiro atoms. The van der Waals surface area contributed by atoms with E-state index >= 15 is 0 Å². The van der Waals surface area contributed by atoms with E-state index < -0.39 is 28.9 Å². The summed E-state index contributed by atoms with van der Waals surface area (Å²) in [5.41, 5.74) is -0.413. The van der Waals surface area contributed by atoms with Gasteiger partial charge >= 0.3 is 0 Å². The van der Waals surface area contributed by atoms with Gasteiger partial charge in [-0.25, -0.2) is 13.2 Å². The van der Waals surface area contributed by atoms with Crippen molar-refractivity contribution in [2.24, 2.45) is 0 Å². The van der Waals surface area contributed by atoms with Gasteiger partial charge in [0, 0.05) is 19.1 Å². The maximum Gasteiger partial charge on any atom is 0.257 e. The lowest BCUT2D eigenvalue weighted by Crippen LogP contribution is -2.42. The molecule has 6 heteroatoms. The Hall–Kier alpha value is -1.56. The van der Waals surface area contributed by atoms with Gasteiger partial charge in [0.15, 0.2) is 17.5 Å². The summed E-state index contributed by atoms with van der Waals surface area (Å²) >= 11 is 0. The van der Waals surface area contributed by atoms with Gasteiger partial charge in [0.05, 0.1) is 5.56 Å². The third-order valence-electron chi connectivity index (χ3n) is 3.47. The fourth-order valence-electron chi connectivity index (χ4n) is 2.44. The van der Waals surface area contributed by atoms with Crippen LogP contribution >= 0.6 is 0 Å². The minimum absolute atomic E-state index is 0.0324. The van der Waals surface area contributed by atoms with Crippen LogP contribution in [0.25, 0.3) is 0 Å². The number of nitrogens with zero attached hydrogens (tertiary/aromatic N) is 1. The summed E-state index contributed by atoms with van der Waals surface area (Å²) in [5, 5.41) is 3.13. The SMILES string of the molecule is CCCN(C(=O)c1ccc(F)c(F)c1F)C1CCNC1. The van der Waals surface area contributed by atoms with Gasteiger partial charge in [-0.15, -0.1) is 0 Å². The first-order valence-electron chi connectivity index (χ1n) is 6.71. The maximum atomic E-state index is 13.7. The Morgan fingerprint density at radius 1 is 1.35 bits per heavy atom. The van der Waals surface area contributed by atoms with E-state index in [-0.39, 0.29) is 6.04 Å². The van der Waals surface area contributed by atoms with Crippen LogP contribution in [-0.4, -0.2) is 36.5 Å². The van der Waals surface area contributed by atoms with Crippen molar-refractivity contribution in [2.75, 3.05) is 19.6 Å². The normalized spacial score (nSPS) is 18.3. The van der Waals surface area contributed by atoms with Gasteiger partial charge in [0.25, 0.3) is 5.91 Å². The number of carbonyl (C=O) groups excluding carboxylic acids is 1. The molecule has 1 aromatic carbocycles. The molecule has 1 unspecified atom stereocenters. The van der Waals surface area contributed by atoms with Crippen molar-refractivity contribution < 1.29 is 18.0 Å². The number of amides is 1. The average molecular weight is 286 g/mol. The predicted molar refractivity (Wildman–Crippen MR) is 68.9 cm³/mol. The summed E-state index contributed by atoms with van der Waals surface area (Å²) in [7, 11) is 0. The van der Waals surface area contributed by atoms with Crippen LogP contribution in [0.5, 0.6) is 0 Å². The van der Waals surface area contributed by atoms with Crippen LogP contribution in [0.2, 0.25) is 0 Å². The van der Waals surface area contributed by atoms with Crippen LogP contribution in [0.15, 0.2) is 12.1 Å². The first-order chi connectivity index (χ1) is 9.56. The molecule has 0 aliphatic carbocycles. The van der Waals surface area contributed by atoms with E-state index in [2.05, 4.69) is 5.32 Å². The van der Waals surface area contributed by atoms with Crippen LogP contribution in [-0.2, 0) is 0 Å². The van der Waals surface area contributed by atoms with Gasteiger partial charge < -0.3 is 10.2 Å². The predicted octanol–water partition coefficient (Wildman–Crippen LogP) is 2.32. The quantitative estimate of drug-likeness (QED) is 0.862. The monoisotopic (exact) mass is 286 g/mol. The number of rotatable bonds is 4. The Bertz CT molecular complexity index is 501. The zero-order valence-corrected chi connectivity index (χ0v) is 11.3. The summed E-state index contributed by atoms with van der Waals surface area (Å²) in [6.45, 7) is 3.79. The van der Waals surface area contributed by atoms with E-state index in [9.17, 15) is 18.0 Å². The van der Waals surface area contributed by atoms with Crippen molar-refractivity contribution in [1.82, 2.24) is 10.2 Å². The number of hydrogen-bond donors (Lipinski definition) is 1. The summed E-state index contributed by atoms with van der Waals surface area (Å²) in [6.07, 6.45) is 1.49. The van der Waals surface area contributed by atoms with E-state index in [1.807, 2.05) is 6.92 Å². The fraction of sp³-hybridized carbons (Fsp3) is 0.500. The van der Waals surface area contributed by atoms with Gasteiger partial charge in [-0.2, -0.15) is 0 Å². The summed E-state index contributed by atoms with van der Waals surface area (Å²) in [6, 6.07) is 1.75. The molecule has 0 radical (unpaired) electrons. The Labute approximate surface area is 115 Å². The number of hydrogen-bond acceptors (Lipinski definition) is 2. The molecule has 1 atom stereocenters. The van der Waals surface area contributed by atoms with Crippen molar-refractivity contribution >= 4 is 5.91 Å². The van der Waals surface area contributed by atoms with Crippen LogP contribution in [0, 0.1) is 17.5 Å². The third kappa shape index (κ3) is 2.80. The Morgan fingerprint density at radius 2 is 2.10 bits per heavy atom. The Kier molecular flexibility index (Phi) is 4.65. The molecular formula is C14H17F3N2O. The van der Waals surface area contributed by atoms with Crippen LogP contribution in [0.4, 0.5) is 13.2 Å². The number of carbonyl (C=O) groups is 1. The second-order valence-corrected chi connectivity index (χ2v) is 4.87. The molecule has 1 heterocycles. The molecule has 3 nitrogen and oxygen atoms in total. The van der Waals surface area contributed by atoms with Crippen molar-refractivity contribution in [3.63, 3.8) is 0 Å². The molecule has 1 saturated heterocycles. The van der Waals surface area contributed by atoms with Crippen LogP contribution in [0.3, 0.4) is 0 Å². The topological polar surface area (TPSA) is 32.3 Å². The Balaban J connectivity index is 2.29. The molecule has 110 valence electrons. The number of halogens is 3. The largest absolute Gasteiger partial charge is 0.334 e. The molecular weight excluding hydrogens is 269 g/mol. The molecule has 1 aliphatic rings. The van der Waals surface area contributed by atoms with Gasteiger partial charge in [-0.3, -0.25) is 4.79 Å². The highest BCUT2D eigenvalue weighted by molar-refractivity contribution is 5.94. The minimum atomic E-state index is -1.60. The van der Waals surface area contributed by atoms with Crippen molar-refractivity contribution in [3.05, 3.63) is 35.1 Å². The second-order valence-electron chi connectivity index (χ2n) is 4.87. The van der Waals surface area contributed by atoms with Gasteiger partial charge in [0.2, 0.25) is 0 Å². The van der Waals surface area contributed by atoms with E-state index in [4.69, 9.17) is 0 Å². The maximum absolute atomic E-state index is 13.7. The van der Waals surface area contributed by atoms with Crippen molar-refractivity contribution in [1.29, 1.82) is 0 Å². The molecule has 2 rings (SSSR count). The molecule has 1 aliphatic heterocycles. The zero-order valence-electron chi connectivity index (χ0n) is 11.3. The van der Waals surface area contributed by atoms with E-state index in [0.717, 1.165) is 25.1 Å². The number of benzene rings is 1. The molecule has 1 fully saturated rings. The van der Waals surface area contributed by atoms with Gasteiger partial charge in [-0.05, 0) is 31.5 Å². The molecule has 1 N–H and O–H groups in total. The van der Waals surface area contributed by atoms with Gasteiger partial charge in [0.1, 0.15) is 0 Å². The molecule has 0 bridgehead atoms. The van der Waals surface area contributed by atoms with E-state index in [1.54, 1.807) is 0 Å². The highest BCUT2D eigenvalue weighted by atomic mass is 19.2. The summed E-state index contributed by atoms with van der Waals surface area (Å²) in [4.78, 5) is 13.9. The van der Waals surface area contributed by atoms with Gasteiger partial charge in [-0.1, -0.05) is 6.92 Å². The summed E-state index contributed by atoms with van der Waals surface area (Å²) in [5.74, 6) is -4.89. The number of nitrogens with one attached hydrogen (secondary N) is 1. The minimum Gasteiger partial charge on any atom is -0.334 e. The van der Waals surface area contributed by atoms with Crippen LogP contribution < -0.4 is 5.32 Å². The standard InChI is InChI=1S/C14H17F3N2O/c1-2-7-19(9-5-6-18-8-9)14(20)10-3-4-11(15)13(17)12(10)16/h3-4,9,18H,2,5-8H2,1H3. The second kappa shape index (κ2) is 6.26. The lowest BCUT2D eigenvalue weighted by molar-refractivity contribution is 0.0686. The lowest BCUT2D eigenvalue weighted by atomic mass is 10.1. The first-order valence-corrected chi connectivity index (χ1v) is 6.71. The van der Waals surface area contributed by atoms with Crippen molar-refractivity contribution in [3.8, 4) is 0 Å². The average Bonchev–Trinajstić information content (AvgIpc) is 2.95. The fourth-order valence-corrected chi connectivity index (χ4v) is 2.44. The van der Waals surface area contributed by atoms with E-state index in [0.29, 0.717) is 19.5 Å². The van der Waals surface area contributed by atoms with Crippen molar-refractivity contribution in [2.45, 2.75) is 25.8 Å². The summed E-state index contributed by atoms with van der Waals surface area (Å²) < 4.78 is 39.9. The zero-order chi connectivity index (χ0) is 14.7. The lowest BCUT2D eigenvalue weighted by Gasteiger charge is -2.28. The molecule has 20 heavy (non-hydrogen) atoms. The molecule has 1 aromatic rings. The smallest absolute Gasteiger partial charge is 0.257 e. The molecule has 0 saturated carbocycles. The highest BCUT2D eigenvalue weighted by Crippen LogP contribution is 2.19. The van der Waals surface area contributed by atoms with E-state index in [1.165, 1.54) is 4.90 Å².